The summed E-state index contributed by atoms with van der Waals surface area (Å²) in [6.07, 6.45) is 5.60. The molecule has 100 valence electrons. The molecule has 0 spiro atoms. The van der Waals surface area contributed by atoms with Gasteiger partial charge < -0.3 is 4.74 Å². The third-order valence-electron chi connectivity index (χ3n) is 2.99. The Morgan fingerprint density at radius 1 is 1.10 bits per heavy atom. The van der Waals surface area contributed by atoms with Crippen LogP contribution >= 0.6 is 0 Å². The number of nitrogens with zero attached hydrogens (tertiary/aromatic N) is 3. The fourth-order valence-electron chi connectivity index (χ4n) is 1.98. The van der Waals surface area contributed by atoms with Crippen molar-refractivity contribution in [2.45, 2.75) is 6.61 Å². The predicted octanol–water partition coefficient (Wildman–Crippen LogP) is 3.06. The maximum atomic E-state index is 5.77. The van der Waals surface area contributed by atoms with E-state index in [1.165, 1.54) is 0 Å². The molecule has 0 aliphatic heterocycles. The molecule has 3 aromatic rings. The highest BCUT2D eigenvalue weighted by molar-refractivity contribution is 5.63. The predicted molar refractivity (Wildman–Crippen MR) is 77.2 cm³/mol. The summed E-state index contributed by atoms with van der Waals surface area (Å²) in [7, 11) is 1.91. The maximum Gasteiger partial charge on any atom is 0.130 e. The Kier molecular flexibility index (Phi) is 3.46. The lowest BCUT2D eigenvalue weighted by Gasteiger charge is -2.07. The monoisotopic (exact) mass is 265 g/mol. The van der Waals surface area contributed by atoms with Gasteiger partial charge in [-0.05, 0) is 29.8 Å². The van der Waals surface area contributed by atoms with Gasteiger partial charge in [0.25, 0.3) is 0 Å². The summed E-state index contributed by atoms with van der Waals surface area (Å²) in [5.41, 5.74) is 3.09. The van der Waals surface area contributed by atoms with Crippen LogP contribution in [0.5, 0.6) is 5.75 Å². The smallest absolute Gasteiger partial charge is 0.130 e. The number of hydrogen-bond donors (Lipinski definition) is 0. The lowest BCUT2D eigenvalue weighted by atomic mass is 10.1. The molecule has 0 N–H and O–H groups in total. The van der Waals surface area contributed by atoms with Gasteiger partial charge in [0.2, 0.25) is 0 Å². The van der Waals surface area contributed by atoms with E-state index in [1.807, 2.05) is 61.9 Å². The summed E-state index contributed by atoms with van der Waals surface area (Å²) in [6, 6.07) is 13.8. The fourth-order valence-corrected chi connectivity index (χ4v) is 1.98. The molecule has 0 atom stereocenters. The van der Waals surface area contributed by atoms with E-state index in [-0.39, 0.29) is 0 Å². The third kappa shape index (κ3) is 2.85. The topological polar surface area (TPSA) is 39.9 Å². The average Bonchev–Trinajstić information content (AvgIpc) is 2.93. The zero-order valence-corrected chi connectivity index (χ0v) is 11.2. The van der Waals surface area contributed by atoms with Gasteiger partial charge in [-0.3, -0.25) is 9.67 Å². The zero-order chi connectivity index (χ0) is 13.8. The molecule has 0 aliphatic carbocycles. The van der Waals surface area contributed by atoms with Gasteiger partial charge in [-0.15, -0.1) is 0 Å². The summed E-state index contributed by atoms with van der Waals surface area (Å²) < 4.78 is 7.56. The van der Waals surface area contributed by atoms with E-state index in [0.29, 0.717) is 6.61 Å². The molecule has 0 saturated carbocycles. The number of aromatic nitrogens is 3. The van der Waals surface area contributed by atoms with Crippen molar-refractivity contribution in [2.24, 2.45) is 7.05 Å². The molecule has 0 unspecified atom stereocenters. The van der Waals surface area contributed by atoms with E-state index in [2.05, 4.69) is 10.1 Å². The third-order valence-corrected chi connectivity index (χ3v) is 2.99. The molecule has 2 heterocycles. The van der Waals surface area contributed by atoms with Crippen LogP contribution in [-0.2, 0) is 13.7 Å². The average molecular weight is 265 g/mol. The minimum absolute atomic E-state index is 0.470. The summed E-state index contributed by atoms with van der Waals surface area (Å²) in [5, 5.41) is 4.18. The Hall–Kier alpha value is -2.62. The summed E-state index contributed by atoms with van der Waals surface area (Å²) in [4.78, 5) is 4.24. The van der Waals surface area contributed by atoms with Crippen LogP contribution in [0.25, 0.3) is 11.1 Å². The highest BCUT2D eigenvalue weighted by atomic mass is 16.5. The molecule has 1 aromatic carbocycles. The van der Waals surface area contributed by atoms with Crippen molar-refractivity contribution in [3.63, 3.8) is 0 Å². The minimum atomic E-state index is 0.470. The van der Waals surface area contributed by atoms with Crippen molar-refractivity contribution in [3.8, 4) is 16.9 Å². The second-order valence-corrected chi connectivity index (χ2v) is 4.54. The van der Waals surface area contributed by atoms with Crippen molar-refractivity contribution in [1.29, 1.82) is 0 Å². The molecule has 0 radical (unpaired) electrons. The van der Waals surface area contributed by atoms with Crippen LogP contribution < -0.4 is 4.74 Å². The van der Waals surface area contributed by atoms with E-state index in [0.717, 1.165) is 22.6 Å². The molecule has 4 nitrogen and oxygen atoms in total. The van der Waals surface area contributed by atoms with Crippen molar-refractivity contribution in [1.82, 2.24) is 14.8 Å². The minimum Gasteiger partial charge on any atom is -0.487 e. The molecule has 0 fully saturated rings. The summed E-state index contributed by atoms with van der Waals surface area (Å²) in [5.74, 6) is 0.831. The number of benzene rings is 1. The number of aryl methyl sites for hydroxylation is 1. The molecule has 0 bridgehead atoms. The Bertz CT molecular complexity index is 692. The Morgan fingerprint density at radius 2 is 2.05 bits per heavy atom. The number of rotatable bonds is 4. The zero-order valence-electron chi connectivity index (χ0n) is 11.2. The van der Waals surface area contributed by atoms with Crippen LogP contribution in [-0.4, -0.2) is 14.8 Å². The van der Waals surface area contributed by atoms with Gasteiger partial charge in [0.1, 0.15) is 12.4 Å². The van der Waals surface area contributed by atoms with E-state index in [4.69, 9.17) is 4.74 Å². The molecule has 0 aliphatic rings. The Labute approximate surface area is 117 Å². The van der Waals surface area contributed by atoms with Gasteiger partial charge in [-0.25, -0.2) is 0 Å². The fraction of sp³-hybridized carbons (Fsp3) is 0.125. The molecule has 3 rings (SSSR count). The first kappa shape index (κ1) is 12.4. The standard InChI is InChI=1S/C16H15N3O/c1-19-11-14(10-18-19)13-5-4-7-16(9-13)20-12-15-6-2-3-8-17-15/h2-11H,12H2,1H3. The Morgan fingerprint density at radius 3 is 2.80 bits per heavy atom. The molecule has 4 heteroatoms. The van der Waals surface area contributed by atoms with E-state index in [9.17, 15) is 0 Å². The van der Waals surface area contributed by atoms with Crippen LogP contribution in [0.1, 0.15) is 5.69 Å². The van der Waals surface area contributed by atoms with Crippen molar-refractivity contribution in [2.75, 3.05) is 0 Å². The quantitative estimate of drug-likeness (QED) is 0.728. The number of ether oxygens (including phenoxy) is 1. The molecular formula is C16H15N3O. The van der Waals surface area contributed by atoms with Crippen LogP contribution in [0.3, 0.4) is 0 Å². The van der Waals surface area contributed by atoms with Gasteiger partial charge in [-0.2, -0.15) is 5.10 Å². The van der Waals surface area contributed by atoms with Crippen LogP contribution in [0.15, 0.2) is 61.1 Å². The van der Waals surface area contributed by atoms with Crippen molar-refractivity contribution in [3.05, 3.63) is 66.7 Å². The van der Waals surface area contributed by atoms with Gasteiger partial charge in [0.15, 0.2) is 0 Å². The summed E-state index contributed by atoms with van der Waals surface area (Å²) >= 11 is 0. The van der Waals surface area contributed by atoms with Crippen LogP contribution in [0.2, 0.25) is 0 Å². The first-order valence-electron chi connectivity index (χ1n) is 6.43. The van der Waals surface area contributed by atoms with Gasteiger partial charge in [-0.1, -0.05) is 18.2 Å². The highest BCUT2D eigenvalue weighted by Gasteiger charge is 2.02. The van der Waals surface area contributed by atoms with Gasteiger partial charge in [0.05, 0.1) is 11.9 Å². The highest BCUT2D eigenvalue weighted by Crippen LogP contribution is 2.23. The second-order valence-electron chi connectivity index (χ2n) is 4.54. The van der Waals surface area contributed by atoms with Crippen molar-refractivity contribution < 1.29 is 4.74 Å². The first-order chi connectivity index (χ1) is 9.81. The van der Waals surface area contributed by atoms with Crippen LogP contribution in [0.4, 0.5) is 0 Å². The maximum absolute atomic E-state index is 5.77. The second kappa shape index (κ2) is 5.57. The molecule has 2 aromatic heterocycles. The molecule has 20 heavy (non-hydrogen) atoms. The van der Waals surface area contributed by atoms with Crippen molar-refractivity contribution >= 4 is 0 Å². The summed E-state index contributed by atoms with van der Waals surface area (Å²) in [6.45, 7) is 0.470. The van der Waals surface area contributed by atoms with E-state index >= 15 is 0 Å². The van der Waals surface area contributed by atoms with E-state index in [1.54, 1.807) is 10.9 Å². The Balaban J connectivity index is 1.75. The van der Waals surface area contributed by atoms with Crippen LogP contribution in [0, 0.1) is 0 Å². The largest absolute Gasteiger partial charge is 0.487 e. The van der Waals surface area contributed by atoms with E-state index < -0.39 is 0 Å². The number of pyridine rings is 1. The molecule has 0 saturated heterocycles. The SMILES string of the molecule is Cn1cc(-c2cccc(OCc3ccccn3)c2)cn1. The number of hydrogen-bond acceptors (Lipinski definition) is 3. The van der Waals surface area contributed by atoms with Gasteiger partial charge >= 0.3 is 0 Å². The van der Waals surface area contributed by atoms with Gasteiger partial charge in [0, 0.05) is 25.0 Å². The molecule has 0 amide bonds. The normalized spacial score (nSPS) is 10.4. The first-order valence-corrected chi connectivity index (χ1v) is 6.43. The molecular weight excluding hydrogens is 250 g/mol. The lowest BCUT2D eigenvalue weighted by molar-refractivity contribution is 0.301. The lowest BCUT2D eigenvalue weighted by Crippen LogP contribution is -1.97.